The van der Waals surface area contributed by atoms with E-state index in [0.29, 0.717) is 18.4 Å². The topological polar surface area (TPSA) is 50.8 Å². The van der Waals surface area contributed by atoms with E-state index in [9.17, 15) is 4.79 Å². The number of hydrogen-bond donors (Lipinski definition) is 1. The number of carbonyl (C=O) groups excluding carboxylic acids is 1. The SMILES string of the molecule is COc1ccc(CCNC(=O)N2CC(C)CC(C)C2)cc1OC. The first-order chi connectivity index (χ1) is 11.0. The molecule has 1 aromatic rings. The molecule has 1 saturated heterocycles. The third kappa shape index (κ3) is 4.78. The molecule has 1 heterocycles. The Morgan fingerprint density at radius 2 is 1.83 bits per heavy atom. The van der Waals surface area contributed by atoms with E-state index in [2.05, 4.69) is 19.2 Å². The van der Waals surface area contributed by atoms with Crippen molar-refractivity contribution in [1.82, 2.24) is 10.2 Å². The molecule has 0 saturated carbocycles. The summed E-state index contributed by atoms with van der Waals surface area (Å²) in [6, 6.07) is 5.89. The molecule has 2 rings (SSSR count). The van der Waals surface area contributed by atoms with Gasteiger partial charge in [0.1, 0.15) is 0 Å². The molecule has 5 nitrogen and oxygen atoms in total. The van der Waals surface area contributed by atoms with Crippen molar-refractivity contribution in [2.45, 2.75) is 26.7 Å². The molecule has 0 aliphatic carbocycles. The summed E-state index contributed by atoms with van der Waals surface area (Å²) in [5.41, 5.74) is 1.11. The summed E-state index contributed by atoms with van der Waals surface area (Å²) in [7, 11) is 3.25. The number of carbonyl (C=O) groups is 1. The molecule has 1 aromatic carbocycles. The van der Waals surface area contributed by atoms with Crippen LogP contribution in [0.2, 0.25) is 0 Å². The van der Waals surface area contributed by atoms with E-state index in [1.807, 2.05) is 23.1 Å². The van der Waals surface area contributed by atoms with Gasteiger partial charge in [-0.2, -0.15) is 0 Å². The number of benzene rings is 1. The van der Waals surface area contributed by atoms with Crippen molar-refractivity contribution in [2.24, 2.45) is 11.8 Å². The van der Waals surface area contributed by atoms with Gasteiger partial charge in [-0.05, 0) is 42.4 Å². The molecule has 0 bridgehead atoms. The summed E-state index contributed by atoms with van der Waals surface area (Å²) < 4.78 is 10.5. The highest BCUT2D eigenvalue weighted by Crippen LogP contribution is 2.27. The smallest absolute Gasteiger partial charge is 0.317 e. The molecule has 1 N–H and O–H groups in total. The number of rotatable bonds is 5. The second-order valence-corrected chi connectivity index (χ2v) is 6.52. The second kappa shape index (κ2) is 8.09. The third-order valence-electron chi connectivity index (χ3n) is 4.29. The van der Waals surface area contributed by atoms with E-state index in [1.54, 1.807) is 14.2 Å². The Morgan fingerprint density at radius 3 is 2.43 bits per heavy atom. The number of methoxy groups -OCH3 is 2. The highest BCUT2D eigenvalue weighted by Gasteiger charge is 2.24. The summed E-state index contributed by atoms with van der Waals surface area (Å²) in [5, 5.41) is 3.02. The number of urea groups is 1. The lowest BCUT2D eigenvalue weighted by atomic mass is 9.92. The van der Waals surface area contributed by atoms with Gasteiger partial charge in [0.15, 0.2) is 11.5 Å². The molecule has 0 aromatic heterocycles. The zero-order valence-corrected chi connectivity index (χ0v) is 14.6. The molecule has 2 unspecified atom stereocenters. The van der Waals surface area contributed by atoms with Crippen LogP contribution in [0.4, 0.5) is 4.79 Å². The van der Waals surface area contributed by atoms with Gasteiger partial charge in [0.2, 0.25) is 0 Å². The monoisotopic (exact) mass is 320 g/mol. The Kier molecular flexibility index (Phi) is 6.13. The Bertz CT molecular complexity index is 523. The van der Waals surface area contributed by atoms with Crippen LogP contribution in [0.1, 0.15) is 25.8 Å². The van der Waals surface area contributed by atoms with Crippen molar-refractivity contribution in [1.29, 1.82) is 0 Å². The standard InChI is InChI=1S/C18H28N2O3/c1-13-9-14(2)12-20(11-13)18(21)19-8-7-15-5-6-16(22-3)17(10-15)23-4/h5-6,10,13-14H,7-9,11-12H2,1-4H3,(H,19,21). The fraction of sp³-hybridized carbons (Fsp3) is 0.611. The Balaban J connectivity index is 1.83. The van der Waals surface area contributed by atoms with Crippen molar-refractivity contribution >= 4 is 6.03 Å². The van der Waals surface area contributed by atoms with Crippen LogP contribution in [0.25, 0.3) is 0 Å². The maximum absolute atomic E-state index is 12.3. The van der Waals surface area contributed by atoms with Crippen LogP contribution in [0.5, 0.6) is 11.5 Å². The molecule has 23 heavy (non-hydrogen) atoms. The normalized spacial score (nSPS) is 21.0. The summed E-state index contributed by atoms with van der Waals surface area (Å²) in [6.45, 7) is 6.74. The maximum atomic E-state index is 12.3. The number of hydrogen-bond acceptors (Lipinski definition) is 3. The zero-order valence-electron chi connectivity index (χ0n) is 14.6. The van der Waals surface area contributed by atoms with Gasteiger partial charge >= 0.3 is 6.03 Å². The molecule has 2 amide bonds. The first-order valence-electron chi connectivity index (χ1n) is 8.27. The van der Waals surface area contributed by atoms with Crippen LogP contribution in [0, 0.1) is 11.8 Å². The van der Waals surface area contributed by atoms with E-state index in [1.165, 1.54) is 6.42 Å². The quantitative estimate of drug-likeness (QED) is 0.907. The third-order valence-corrected chi connectivity index (χ3v) is 4.29. The molecule has 1 aliphatic heterocycles. The fourth-order valence-electron chi connectivity index (χ4n) is 3.29. The Hall–Kier alpha value is -1.91. The molecule has 1 aliphatic rings. The van der Waals surface area contributed by atoms with Gasteiger partial charge in [0, 0.05) is 19.6 Å². The molecule has 0 radical (unpaired) electrons. The second-order valence-electron chi connectivity index (χ2n) is 6.52. The predicted octanol–water partition coefficient (Wildman–Crippen LogP) is 2.93. The fourth-order valence-corrected chi connectivity index (χ4v) is 3.29. The Morgan fingerprint density at radius 1 is 1.17 bits per heavy atom. The minimum absolute atomic E-state index is 0.0453. The molecular formula is C18H28N2O3. The summed E-state index contributed by atoms with van der Waals surface area (Å²) >= 11 is 0. The number of ether oxygens (including phenoxy) is 2. The van der Waals surface area contributed by atoms with Crippen molar-refractivity contribution in [3.63, 3.8) is 0 Å². The summed E-state index contributed by atoms with van der Waals surface area (Å²) in [6.07, 6.45) is 1.97. The van der Waals surface area contributed by atoms with Gasteiger partial charge < -0.3 is 19.7 Å². The highest BCUT2D eigenvalue weighted by atomic mass is 16.5. The molecule has 128 valence electrons. The first-order valence-corrected chi connectivity index (χ1v) is 8.27. The van der Waals surface area contributed by atoms with Crippen molar-refractivity contribution in [3.05, 3.63) is 23.8 Å². The van der Waals surface area contributed by atoms with Gasteiger partial charge in [-0.3, -0.25) is 0 Å². The summed E-state index contributed by atoms with van der Waals surface area (Å²) in [4.78, 5) is 14.2. The van der Waals surface area contributed by atoms with Crippen LogP contribution >= 0.6 is 0 Å². The van der Waals surface area contributed by atoms with Gasteiger partial charge in [0.05, 0.1) is 14.2 Å². The Labute approximate surface area is 139 Å². The van der Waals surface area contributed by atoms with Crippen molar-refractivity contribution in [3.8, 4) is 11.5 Å². The van der Waals surface area contributed by atoms with Crippen LogP contribution < -0.4 is 14.8 Å². The summed E-state index contributed by atoms with van der Waals surface area (Å²) in [5.74, 6) is 2.59. The van der Waals surface area contributed by atoms with Gasteiger partial charge in [-0.1, -0.05) is 19.9 Å². The lowest BCUT2D eigenvalue weighted by molar-refractivity contribution is 0.146. The first kappa shape index (κ1) is 17.4. The minimum Gasteiger partial charge on any atom is -0.493 e. The largest absolute Gasteiger partial charge is 0.493 e. The van der Waals surface area contributed by atoms with Crippen LogP contribution in [0.3, 0.4) is 0 Å². The molecule has 2 atom stereocenters. The number of amides is 2. The average molecular weight is 320 g/mol. The molecule has 1 fully saturated rings. The van der Waals surface area contributed by atoms with E-state index in [-0.39, 0.29) is 6.03 Å². The minimum atomic E-state index is 0.0453. The maximum Gasteiger partial charge on any atom is 0.317 e. The van der Waals surface area contributed by atoms with E-state index in [0.717, 1.165) is 36.6 Å². The van der Waals surface area contributed by atoms with Gasteiger partial charge in [-0.25, -0.2) is 4.79 Å². The number of nitrogens with one attached hydrogen (secondary N) is 1. The highest BCUT2D eigenvalue weighted by molar-refractivity contribution is 5.74. The number of piperidine rings is 1. The van der Waals surface area contributed by atoms with Crippen LogP contribution in [-0.2, 0) is 6.42 Å². The van der Waals surface area contributed by atoms with E-state index >= 15 is 0 Å². The van der Waals surface area contributed by atoms with Gasteiger partial charge in [0.25, 0.3) is 0 Å². The molecule has 0 spiro atoms. The average Bonchev–Trinajstić information content (AvgIpc) is 2.53. The lowest BCUT2D eigenvalue weighted by Crippen LogP contribution is -2.47. The van der Waals surface area contributed by atoms with Crippen LogP contribution in [-0.4, -0.2) is 44.8 Å². The van der Waals surface area contributed by atoms with E-state index in [4.69, 9.17) is 9.47 Å². The molecule has 5 heteroatoms. The van der Waals surface area contributed by atoms with Crippen molar-refractivity contribution < 1.29 is 14.3 Å². The predicted molar refractivity (Wildman–Crippen MR) is 91.2 cm³/mol. The lowest BCUT2D eigenvalue weighted by Gasteiger charge is -2.34. The zero-order chi connectivity index (χ0) is 16.8. The van der Waals surface area contributed by atoms with Gasteiger partial charge in [-0.15, -0.1) is 0 Å². The molecular weight excluding hydrogens is 292 g/mol. The number of nitrogens with zero attached hydrogens (tertiary/aromatic N) is 1. The number of likely N-dealkylation sites (tertiary alicyclic amines) is 1. The van der Waals surface area contributed by atoms with E-state index < -0.39 is 0 Å². The van der Waals surface area contributed by atoms with Crippen molar-refractivity contribution in [2.75, 3.05) is 33.9 Å². The van der Waals surface area contributed by atoms with Crippen LogP contribution in [0.15, 0.2) is 18.2 Å².